The van der Waals surface area contributed by atoms with Gasteiger partial charge in [-0.2, -0.15) is 5.10 Å². The highest BCUT2D eigenvalue weighted by Gasteiger charge is 2.18. The highest BCUT2D eigenvalue weighted by atomic mass is 35.5. The highest BCUT2D eigenvalue weighted by Crippen LogP contribution is 2.18. The lowest BCUT2D eigenvalue weighted by atomic mass is 10.2. The van der Waals surface area contributed by atoms with Crippen molar-refractivity contribution in [2.45, 2.75) is 6.54 Å². The van der Waals surface area contributed by atoms with Crippen LogP contribution in [0.5, 0.6) is 0 Å². The van der Waals surface area contributed by atoms with Crippen molar-refractivity contribution in [1.82, 2.24) is 15.2 Å². The second-order valence-electron chi connectivity index (χ2n) is 7.17. The molecule has 162 valence electrons. The zero-order chi connectivity index (χ0) is 22.1. The van der Waals surface area contributed by atoms with Crippen LogP contribution < -0.4 is 5.43 Å². The molecular weight excluding hydrogens is 418 g/mol. The predicted molar refractivity (Wildman–Crippen MR) is 122 cm³/mol. The molecule has 31 heavy (non-hydrogen) atoms. The van der Waals surface area contributed by atoms with Crippen molar-refractivity contribution in [2.24, 2.45) is 5.10 Å². The van der Waals surface area contributed by atoms with E-state index in [-0.39, 0.29) is 18.1 Å². The Balaban J connectivity index is 1.37. The van der Waals surface area contributed by atoms with Gasteiger partial charge in [0.05, 0.1) is 17.0 Å². The van der Waals surface area contributed by atoms with Gasteiger partial charge in [-0.15, -0.1) is 0 Å². The van der Waals surface area contributed by atoms with Gasteiger partial charge in [0.1, 0.15) is 0 Å². The SMILES string of the molecule is O=C(CN1CCN(Cc2ccc(Cl)cc2)CC1)NN=C/C=C/c1ccccc1[N+](=O)[O-]. The molecule has 1 amide bonds. The molecule has 9 heteroatoms. The summed E-state index contributed by atoms with van der Waals surface area (Å²) in [5.41, 5.74) is 4.20. The number of amides is 1. The fraction of sp³-hybridized carbons (Fsp3) is 0.273. The van der Waals surface area contributed by atoms with E-state index in [0.29, 0.717) is 5.56 Å². The number of hydrazone groups is 1. The first kappa shape index (κ1) is 22.6. The van der Waals surface area contributed by atoms with Gasteiger partial charge in [0.15, 0.2) is 0 Å². The van der Waals surface area contributed by atoms with E-state index in [9.17, 15) is 14.9 Å². The zero-order valence-electron chi connectivity index (χ0n) is 17.0. The Morgan fingerprint density at radius 1 is 1.10 bits per heavy atom. The number of rotatable bonds is 8. The van der Waals surface area contributed by atoms with E-state index in [0.717, 1.165) is 37.7 Å². The number of benzene rings is 2. The van der Waals surface area contributed by atoms with Gasteiger partial charge in [-0.3, -0.25) is 24.7 Å². The zero-order valence-corrected chi connectivity index (χ0v) is 17.7. The number of carbonyl (C=O) groups excluding carboxylic acids is 1. The summed E-state index contributed by atoms with van der Waals surface area (Å²) in [4.78, 5) is 27.1. The standard InChI is InChI=1S/C22H24ClN5O3/c23-20-9-7-18(8-10-20)16-26-12-14-27(15-13-26)17-22(29)25-24-11-3-5-19-4-1-2-6-21(19)28(30)31/h1-11H,12-17H2,(H,25,29)/b5-3+,24-11?. The molecule has 0 atom stereocenters. The number of nitrogens with zero attached hydrogens (tertiary/aromatic N) is 4. The Hall–Kier alpha value is -3.07. The van der Waals surface area contributed by atoms with Gasteiger partial charge in [0.2, 0.25) is 0 Å². The lowest BCUT2D eigenvalue weighted by Gasteiger charge is -2.34. The summed E-state index contributed by atoms with van der Waals surface area (Å²) >= 11 is 5.93. The Kier molecular flexibility index (Phi) is 8.28. The molecule has 2 aromatic rings. The van der Waals surface area contributed by atoms with E-state index in [1.165, 1.54) is 17.8 Å². The number of halogens is 1. The van der Waals surface area contributed by atoms with Crippen molar-refractivity contribution < 1.29 is 9.72 Å². The van der Waals surface area contributed by atoms with Gasteiger partial charge in [-0.05, 0) is 35.9 Å². The van der Waals surface area contributed by atoms with Gasteiger partial charge in [0, 0.05) is 50.0 Å². The summed E-state index contributed by atoms with van der Waals surface area (Å²) in [6.45, 7) is 4.54. The molecule has 1 aliphatic rings. The monoisotopic (exact) mass is 441 g/mol. The van der Waals surface area contributed by atoms with Crippen molar-refractivity contribution in [3.05, 3.63) is 80.9 Å². The average Bonchev–Trinajstić information content (AvgIpc) is 2.76. The van der Waals surface area contributed by atoms with Gasteiger partial charge in [0.25, 0.3) is 11.6 Å². The number of carbonyl (C=O) groups is 1. The number of para-hydroxylation sites is 1. The Labute approximate surface area is 185 Å². The third-order valence-electron chi connectivity index (χ3n) is 4.91. The van der Waals surface area contributed by atoms with E-state index in [2.05, 4.69) is 20.3 Å². The minimum atomic E-state index is -0.437. The second kappa shape index (κ2) is 11.4. The molecule has 3 rings (SSSR count). The Morgan fingerprint density at radius 3 is 2.48 bits per heavy atom. The third-order valence-corrected chi connectivity index (χ3v) is 5.16. The molecule has 0 saturated carbocycles. The van der Waals surface area contributed by atoms with E-state index >= 15 is 0 Å². The smallest absolute Gasteiger partial charge is 0.276 e. The molecule has 0 spiro atoms. The summed E-state index contributed by atoms with van der Waals surface area (Å²) in [7, 11) is 0. The number of hydrogen-bond acceptors (Lipinski definition) is 6. The maximum absolute atomic E-state index is 12.1. The fourth-order valence-corrected chi connectivity index (χ4v) is 3.41. The first-order valence-corrected chi connectivity index (χ1v) is 10.3. The molecule has 8 nitrogen and oxygen atoms in total. The van der Waals surface area contributed by atoms with Crippen LogP contribution in [0.25, 0.3) is 6.08 Å². The summed E-state index contributed by atoms with van der Waals surface area (Å²) < 4.78 is 0. The molecule has 0 unspecified atom stereocenters. The molecule has 1 fully saturated rings. The lowest BCUT2D eigenvalue weighted by Crippen LogP contribution is -2.48. The molecule has 0 aromatic heterocycles. The number of nitrogens with one attached hydrogen (secondary N) is 1. The van der Waals surface area contributed by atoms with Crippen molar-refractivity contribution in [2.75, 3.05) is 32.7 Å². The van der Waals surface area contributed by atoms with Crippen molar-refractivity contribution in [1.29, 1.82) is 0 Å². The summed E-state index contributed by atoms with van der Waals surface area (Å²) in [5, 5.41) is 15.6. The van der Waals surface area contributed by atoms with Crippen LogP contribution in [-0.4, -0.2) is 59.6 Å². The van der Waals surface area contributed by atoms with Crippen LogP contribution in [0.3, 0.4) is 0 Å². The molecule has 1 heterocycles. The molecule has 1 N–H and O–H groups in total. The quantitative estimate of drug-likeness (QED) is 0.386. The highest BCUT2D eigenvalue weighted by molar-refractivity contribution is 6.30. The lowest BCUT2D eigenvalue weighted by molar-refractivity contribution is -0.385. The van der Waals surface area contributed by atoms with Crippen LogP contribution in [0.4, 0.5) is 5.69 Å². The van der Waals surface area contributed by atoms with E-state index in [4.69, 9.17) is 11.6 Å². The van der Waals surface area contributed by atoms with Crippen LogP contribution in [-0.2, 0) is 11.3 Å². The molecule has 2 aromatic carbocycles. The molecule has 1 aliphatic heterocycles. The first-order valence-electron chi connectivity index (χ1n) is 9.92. The Bertz CT molecular complexity index is 954. The van der Waals surface area contributed by atoms with Crippen LogP contribution in [0.1, 0.15) is 11.1 Å². The molecule has 0 bridgehead atoms. The number of hydrogen-bond donors (Lipinski definition) is 1. The predicted octanol–water partition coefficient (Wildman–Crippen LogP) is 3.18. The minimum absolute atomic E-state index is 0.0198. The molecular formula is C22H24ClN5O3. The van der Waals surface area contributed by atoms with Crippen LogP contribution in [0, 0.1) is 10.1 Å². The van der Waals surface area contributed by atoms with E-state index in [1.54, 1.807) is 30.4 Å². The van der Waals surface area contributed by atoms with Gasteiger partial charge in [-0.25, -0.2) is 5.43 Å². The molecule has 0 radical (unpaired) electrons. The second-order valence-corrected chi connectivity index (χ2v) is 7.60. The number of piperazine rings is 1. The van der Waals surface area contributed by atoms with E-state index in [1.807, 2.05) is 24.3 Å². The maximum Gasteiger partial charge on any atom is 0.276 e. The number of allylic oxidation sites excluding steroid dienone is 1. The van der Waals surface area contributed by atoms with Crippen LogP contribution in [0.2, 0.25) is 5.02 Å². The minimum Gasteiger partial charge on any atom is -0.297 e. The Morgan fingerprint density at radius 2 is 1.77 bits per heavy atom. The van der Waals surface area contributed by atoms with Crippen molar-refractivity contribution in [3.8, 4) is 0 Å². The number of nitro benzene ring substituents is 1. The normalized spacial score (nSPS) is 15.5. The molecule has 0 aliphatic carbocycles. The van der Waals surface area contributed by atoms with Crippen molar-refractivity contribution in [3.63, 3.8) is 0 Å². The summed E-state index contributed by atoms with van der Waals surface area (Å²) in [6, 6.07) is 14.3. The summed E-state index contributed by atoms with van der Waals surface area (Å²) in [5.74, 6) is -0.193. The topological polar surface area (TPSA) is 91.1 Å². The van der Waals surface area contributed by atoms with Crippen LogP contribution in [0.15, 0.2) is 59.7 Å². The third kappa shape index (κ3) is 7.29. The van der Waals surface area contributed by atoms with E-state index < -0.39 is 4.92 Å². The van der Waals surface area contributed by atoms with Crippen LogP contribution >= 0.6 is 11.6 Å². The molecule has 1 saturated heterocycles. The van der Waals surface area contributed by atoms with Gasteiger partial charge >= 0.3 is 0 Å². The number of nitro groups is 1. The largest absolute Gasteiger partial charge is 0.297 e. The maximum atomic E-state index is 12.1. The fourth-order valence-electron chi connectivity index (χ4n) is 3.29. The average molecular weight is 442 g/mol. The van der Waals surface area contributed by atoms with Gasteiger partial charge < -0.3 is 0 Å². The van der Waals surface area contributed by atoms with Gasteiger partial charge in [-0.1, -0.05) is 35.9 Å². The first-order chi connectivity index (χ1) is 15.0. The summed E-state index contributed by atoms with van der Waals surface area (Å²) in [6.07, 6.45) is 4.53. The van der Waals surface area contributed by atoms with Crippen molar-refractivity contribution >= 4 is 35.5 Å².